The van der Waals surface area contributed by atoms with Crippen LogP contribution in [0.4, 0.5) is 10.5 Å². The maximum atomic E-state index is 12.0. The highest BCUT2D eigenvalue weighted by atomic mass is 16.3. The molecule has 0 aliphatic carbocycles. The van der Waals surface area contributed by atoms with E-state index in [2.05, 4.69) is 15.6 Å². The van der Waals surface area contributed by atoms with Gasteiger partial charge in [0.25, 0.3) is 0 Å². The molecule has 1 aromatic heterocycles. The Morgan fingerprint density at radius 2 is 2.21 bits per heavy atom. The maximum absolute atomic E-state index is 12.0. The van der Waals surface area contributed by atoms with Crippen molar-refractivity contribution in [2.45, 2.75) is 39.7 Å². The number of aromatic nitrogens is 1. The summed E-state index contributed by atoms with van der Waals surface area (Å²) in [7, 11) is 0. The summed E-state index contributed by atoms with van der Waals surface area (Å²) in [6, 6.07) is 6.89. The molecule has 2 aromatic rings. The third-order valence-corrected chi connectivity index (χ3v) is 4.27. The predicted octanol–water partition coefficient (Wildman–Crippen LogP) is 3.57. The summed E-state index contributed by atoms with van der Waals surface area (Å²) in [5.74, 6) is 0.602. The molecule has 0 aliphatic heterocycles. The van der Waals surface area contributed by atoms with Gasteiger partial charge < -0.3 is 20.2 Å². The molecule has 0 bridgehead atoms. The van der Waals surface area contributed by atoms with Crippen molar-refractivity contribution in [3.05, 3.63) is 36.2 Å². The van der Waals surface area contributed by atoms with Crippen molar-refractivity contribution in [1.29, 1.82) is 0 Å². The van der Waals surface area contributed by atoms with Crippen molar-refractivity contribution in [2.75, 3.05) is 11.9 Å². The maximum Gasteiger partial charge on any atom is 0.319 e. The van der Waals surface area contributed by atoms with Crippen LogP contribution in [0.5, 0.6) is 0 Å². The lowest BCUT2D eigenvalue weighted by molar-refractivity contribution is 0.00827. The van der Waals surface area contributed by atoms with E-state index in [1.54, 1.807) is 25.3 Å². The average Bonchev–Trinajstić information content (AvgIpc) is 2.99. The Bertz CT molecular complexity index is 694. The number of anilines is 1. The Balaban J connectivity index is 1.97. The number of carbonyl (C=O) groups is 1. The fourth-order valence-electron chi connectivity index (χ4n) is 2.27. The van der Waals surface area contributed by atoms with Crippen molar-refractivity contribution in [3.8, 4) is 11.5 Å². The number of benzene rings is 1. The van der Waals surface area contributed by atoms with E-state index in [4.69, 9.17) is 4.42 Å². The lowest BCUT2D eigenvalue weighted by atomic mass is 9.89. The van der Waals surface area contributed by atoms with Crippen LogP contribution in [0.25, 0.3) is 11.5 Å². The zero-order chi connectivity index (χ0) is 17.7. The van der Waals surface area contributed by atoms with Crippen molar-refractivity contribution >= 4 is 11.7 Å². The Morgan fingerprint density at radius 3 is 2.83 bits per heavy atom. The summed E-state index contributed by atoms with van der Waals surface area (Å²) < 4.78 is 5.37. The largest absolute Gasteiger partial charge is 0.444 e. The Hall–Kier alpha value is -2.34. The molecule has 130 valence electrons. The molecule has 1 aromatic carbocycles. The van der Waals surface area contributed by atoms with Crippen LogP contribution in [0.1, 0.15) is 32.9 Å². The van der Waals surface area contributed by atoms with Crippen molar-refractivity contribution in [1.82, 2.24) is 10.3 Å². The van der Waals surface area contributed by atoms with Crippen LogP contribution >= 0.6 is 0 Å². The molecule has 2 amide bonds. The smallest absolute Gasteiger partial charge is 0.319 e. The lowest BCUT2D eigenvalue weighted by Gasteiger charge is -2.29. The van der Waals surface area contributed by atoms with E-state index in [-0.39, 0.29) is 18.5 Å². The molecule has 2 unspecified atom stereocenters. The first-order chi connectivity index (χ1) is 11.3. The highest BCUT2D eigenvalue weighted by Crippen LogP contribution is 2.22. The minimum Gasteiger partial charge on any atom is -0.444 e. The predicted molar refractivity (Wildman–Crippen MR) is 93.8 cm³/mol. The molecular weight excluding hydrogens is 306 g/mol. The molecule has 0 saturated heterocycles. The second-order valence-electron chi connectivity index (χ2n) is 6.35. The summed E-state index contributed by atoms with van der Waals surface area (Å²) >= 11 is 0. The Kier molecular flexibility index (Phi) is 5.62. The van der Waals surface area contributed by atoms with Gasteiger partial charge in [0.15, 0.2) is 0 Å². The standard InChI is InChI=1S/C18H25N3O3/c1-5-12(2)18(4,23)11-19-17(22)21-15-8-6-7-14(9-15)16-20-13(3)10-24-16/h6-10,12,23H,5,11H2,1-4H3,(H2,19,21,22). The normalized spacial score (nSPS) is 14.7. The van der Waals surface area contributed by atoms with Gasteiger partial charge in [0.1, 0.15) is 6.26 Å². The third kappa shape index (κ3) is 4.58. The second-order valence-corrected chi connectivity index (χ2v) is 6.35. The summed E-state index contributed by atoms with van der Waals surface area (Å²) in [6.45, 7) is 7.74. The molecule has 6 heteroatoms. The molecule has 0 spiro atoms. The number of urea groups is 1. The first kappa shape index (κ1) is 18.0. The molecule has 2 atom stereocenters. The fraction of sp³-hybridized carbons (Fsp3) is 0.444. The molecule has 3 N–H and O–H groups in total. The zero-order valence-electron chi connectivity index (χ0n) is 14.6. The molecule has 2 rings (SSSR count). The van der Waals surface area contributed by atoms with Crippen molar-refractivity contribution < 1.29 is 14.3 Å². The molecular formula is C18H25N3O3. The number of nitrogens with one attached hydrogen (secondary N) is 2. The highest BCUT2D eigenvalue weighted by Gasteiger charge is 2.27. The molecule has 0 saturated carbocycles. The van der Waals surface area contributed by atoms with Gasteiger partial charge in [-0.2, -0.15) is 0 Å². The highest BCUT2D eigenvalue weighted by molar-refractivity contribution is 5.89. The SMILES string of the molecule is CCC(C)C(C)(O)CNC(=O)Nc1cccc(-c2nc(C)co2)c1. The topological polar surface area (TPSA) is 87.4 Å². The van der Waals surface area contributed by atoms with Crippen LogP contribution in [0.3, 0.4) is 0 Å². The van der Waals surface area contributed by atoms with Gasteiger partial charge in [-0.1, -0.05) is 26.3 Å². The minimum absolute atomic E-state index is 0.0920. The summed E-state index contributed by atoms with van der Waals surface area (Å²) in [5, 5.41) is 15.8. The van der Waals surface area contributed by atoms with Gasteiger partial charge in [0.05, 0.1) is 11.3 Å². The fourth-order valence-corrected chi connectivity index (χ4v) is 2.27. The third-order valence-electron chi connectivity index (χ3n) is 4.27. The van der Waals surface area contributed by atoms with Crippen molar-refractivity contribution in [2.24, 2.45) is 5.92 Å². The quantitative estimate of drug-likeness (QED) is 0.755. The van der Waals surface area contributed by atoms with Crippen LogP contribution in [-0.2, 0) is 0 Å². The first-order valence-corrected chi connectivity index (χ1v) is 8.11. The van der Waals surface area contributed by atoms with Gasteiger partial charge in [-0.25, -0.2) is 9.78 Å². The van der Waals surface area contributed by atoms with Crippen molar-refractivity contribution in [3.63, 3.8) is 0 Å². The Labute approximate surface area is 142 Å². The molecule has 6 nitrogen and oxygen atoms in total. The van der Waals surface area contributed by atoms with Crippen LogP contribution in [0.2, 0.25) is 0 Å². The first-order valence-electron chi connectivity index (χ1n) is 8.11. The monoisotopic (exact) mass is 331 g/mol. The lowest BCUT2D eigenvalue weighted by Crippen LogP contribution is -2.46. The van der Waals surface area contributed by atoms with E-state index >= 15 is 0 Å². The second kappa shape index (κ2) is 7.49. The average molecular weight is 331 g/mol. The zero-order valence-corrected chi connectivity index (χ0v) is 14.6. The van der Waals surface area contributed by atoms with Crippen LogP contribution in [0, 0.1) is 12.8 Å². The van der Waals surface area contributed by atoms with E-state index in [0.717, 1.165) is 17.7 Å². The number of hydrogen-bond acceptors (Lipinski definition) is 4. The van der Waals surface area contributed by atoms with Crippen LogP contribution in [0.15, 0.2) is 34.9 Å². The van der Waals surface area contributed by atoms with Gasteiger partial charge in [0, 0.05) is 17.8 Å². The molecule has 0 radical (unpaired) electrons. The molecule has 24 heavy (non-hydrogen) atoms. The summed E-state index contributed by atoms with van der Waals surface area (Å²) in [4.78, 5) is 16.3. The van der Waals surface area contributed by atoms with E-state index in [1.165, 1.54) is 0 Å². The van der Waals surface area contributed by atoms with Gasteiger partial charge in [-0.15, -0.1) is 0 Å². The van der Waals surface area contributed by atoms with Gasteiger partial charge >= 0.3 is 6.03 Å². The molecule has 1 heterocycles. The number of rotatable bonds is 6. The number of carbonyl (C=O) groups excluding carboxylic acids is 1. The van der Waals surface area contributed by atoms with Crippen LogP contribution < -0.4 is 10.6 Å². The molecule has 0 aliphatic rings. The number of oxazole rings is 1. The molecule has 0 fully saturated rings. The van der Waals surface area contributed by atoms with Gasteiger partial charge in [-0.05, 0) is 38.0 Å². The van der Waals surface area contributed by atoms with Crippen LogP contribution in [-0.4, -0.2) is 28.3 Å². The summed E-state index contributed by atoms with van der Waals surface area (Å²) in [6.07, 6.45) is 2.42. The van der Waals surface area contributed by atoms with Gasteiger partial charge in [0.2, 0.25) is 5.89 Å². The van der Waals surface area contributed by atoms with Gasteiger partial charge in [-0.3, -0.25) is 0 Å². The number of nitrogens with zero attached hydrogens (tertiary/aromatic N) is 1. The van der Waals surface area contributed by atoms with E-state index < -0.39 is 5.60 Å². The summed E-state index contributed by atoms with van der Waals surface area (Å²) in [5.41, 5.74) is 1.27. The number of aryl methyl sites for hydroxylation is 1. The van der Waals surface area contributed by atoms with E-state index in [1.807, 2.05) is 32.9 Å². The minimum atomic E-state index is -0.941. The van der Waals surface area contributed by atoms with E-state index in [9.17, 15) is 9.90 Å². The number of amides is 2. The van der Waals surface area contributed by atoms with E-state index in [0.29, 0.717) is 11.6 Å². The Morgan fingerprint density at radius 1 is 1.46 bits per heavy atom. The number of aliphatic hydroxyl groups is 1. The number of hydrogen-bond donors (Lipinski definition) is 3.